The largest absolute Gasteiger partial charge is 0.454 e. The zero-order valence-electron chi connectivity index (χ0n) is 10.5. The summed E-state index contributed by atoms with van der Waals surface area (Å²) in [7, 11) is 1.80. The SMILES string of the molecule is CN(Cc1ccc2c(c1)OCO2)C(=O)CCCN. The van der Waals surface area contributed by atoms with Crippen LogP contribution < -0.4 is 15.2 Å². The van der Waals surface area contributed by atoms with Crippen molar-refractivity contribution in [3.63, 3.8) is 0 Å². The number of ether oxygens (including phenoxy) is 2. The van der Waals surface area contributed by atoms with Gasteiger partial charge in [0, 0.05) is 20.0 Å². The lowest BCUT2D eigenvalue weighted by atomic mass is 10.2. The molecule has 0 bridgehead atoms. The molecule has 5 heteroatoms. The van der Waals surface area contributed by atoms with Gasteiger partial charge in [-0.25, -0.2) is 0 Å². The lowest BCUT2D eigenvalue weighted by molar-refractivity contribution is -0.130. The molecule has 1 aromatic carbocycles. The van der Waals surface area contributed by atoms with Gasteiger partial charge in [-0.1, -0.05) is 6.07 Å². The van der Waals surface area contributed by atoms with Crippen molar-refractivity contribution in [1.82, 2.24) is 4.90 Å². The van der Waals surface area contributed by atoms with Gasteiger partial charge in [0.25, 0.3) is 0 Å². The maximum atomic E-state index is 11.8. The summed E-state index contributed by atoms with van der Waals surface area (Å²) in [5.74, 6) is 1.62. The molecule has 2 N–H and O–H groups in total. The predicted octanol–water partition coefficient (Wildman–Crippen LogP) is 1.11. The average molecular weight is 250 g/mol. The van der Waals surface area contributed by atoms with Gasteiger partial charge in [-0.15, -0.1) is 0 Å². The normalized spacial score (nSPS) is 12.6. The van der Waals surface area contributed by atoms with Gasteiger partial charge in [-0.2, -0.15) is 0 Å². The molecule has 1 aromatic rings. The quantitative estimate of drug-likeness (QED) is 0.850. The summed E-state index contributed by atoms with van der Waals surface area (Å²) in [4.78, 5) is 13.5. The van der Waals surface area contributed by atoms with Crippen LogP contribution in [0.4, 0.5) is 0 Å². The van der Waals surface area contributed by atoms with E-state index in [2.05, 4.69) is 0 Å². The Balaban J connectivity index is 1.94. The van der Waals surface area contributed by atoms with Crippen LogP contribution in [0.1, 0.15) is 18.4 Å². The molecule has 0 atom stereocenters. The molecule has 1 heterocycles. The van der Waals surface area contributed by atoms with Crippen LogP contribution >= 0.6 is 0 Å². The second-order valence-electron chi connectivity index (χ2n) is 4.33. The van der Waals surface area contributed by atoms with Crippen LogP contribution in [0.2, 0.25) is 0 Å². The molecular formula is C13H18N2O3. The first kappa shape index (κ1) is 12.7. The average Bonchev–Trinajstić information content (AvgIpc) is 2.83. The molecule has 0 spiro atoms. The van der Waals surface area contributed by atoms with Crippen molar-refractivity contribution in [2.24, 2.45) is 5.73 Å². The molecule has 98 valence electrons. The van der Waals surface area contributed by atoms with Gasteiger partial charge >= 0.3 is 0 Å². The highest BCUT2D eigenvalue weighted by Gasteiger charge is 2.15. The lowest BCUT2D eigenvalue weighted by Crippen LogP contribution is -2.26. The standard InChI is InChI=1S/C13H18N2O3/c1-15(13(16)3-2-6-14)8-10-4-5-11-12(7-10)18-9-17-11/h4-5,7H,2-3,6,8-9,14H2,1H3. The number of nitrogens with two attached hydrogens (primary N) is 1. The van der Waals surface area contributed by atoms with Gasteiger partial charge in [-0.05, 0) is 30.7 Å². The Morgan fingerprint density at radius 3 is 2.94 bits per heavy atom. The number of fused-ring (bicyclic) bond motifs is 1. The van der Waals surface area contributed by atoms with E-state index in [0.717, 1.165) is 23.5 Å². The van der Waals surface area contributed by atoms with Gasteiger partial charge in [-0.3, -0.25) is 4.79 Å². The van der Waals surface area contributed by atoms with E-state index in [-0.39, 0.29) is 12.7 Å². The van der Waals surface area contributed by atoms with Gasteiger partial charge in [0.05, 0.1) is 0 Å². The zero-order chi connectivity index (χ0) is 13.0. The summed E-state index contributed by atoms with van der Waals surface area (Å²) >= 11 is 0. The van der Waals surface area contributed by atoms with Crippen LogP contribution in [0.25, 0.3) is 0 Å². The molecule has 0 saturated heterocycles. The van der Waals surface area contributed by atoms with Crippen molar-refractivity contribution < 1.29 is 14.3 Å². The number of carbonyl (C=O) groups is 1. The Labute approximate surface area is 106 Å². The summed E-state index contributed by atoms with van der Waals surface area (Å²) in [6.45, 7) is 1.38. The number of nitrogens with zero attached hydrogens (tertiary/aromatic N) is 1. The monoisotopic (exact) mass is 250 g/mol. The second-order valence-corrected chi connectivity index (χ2v) is 4.33. The fraction of sp³-hybridized carbons (Fsp3) is 0.462. The highest BCUT2D eigenvalue weighted by atomic mass is 16.7. The molecule has 5 nitrogen and oxygen atoms in total. The highest BCUT2D eigenvalue weighted by Crippen LogP contribution is 2.32. The molecule has 0 radical (unpaired) electrons. The maximum absolute atomic E-state index is 11.8. The summed E-state index contributed by atoms with van der Waals surface area (Å²) in [5, 5.41) is 0. The van der Waals surface area contributed by atoms with E-state index < -0.39 is 0 Å². The number of benzene rings is 1. The lowest BCUT2D eigenvalue weighted by Gasteiger charge is -2.17. The van der Waals surface area contributed by atoms with E-state index >= 15 is 0 Å². The molecule has 0 aliphatic carbocycles. The minimum absolute atomic E-state index is 0.109. The Kier molecular flexibility index (Phi) is 4.04. The van der Waals surface area contributed by atoms with Crippen molar-refractivity contribution in [2.75, 3.05) is 20.4 Å². The van der Waals surface area contributed by atoms with Crippen molar-refractivity contribution in [1.29, 1.82) is 0 Å². The van der Waals surface area contributed by atoms with E-state index in [4.69, 9.17) is 15.2 Å². The molecule has 18 heavy (non-hydrogen) atoms. The molecule has 1 aliphatic heterocycles. The van der Waals surface area contributed by atoms with Crippen LogP contribution in [-0.4, -0.2) is 31.2 Å². The van der Waals surface area contributed by atoms with Gasteiger partial charge in [0.2, 0.25) is 12.7 Å². The second kappa shape index (κ2) is 5.73. The van der Waals surface area contributed by atoms with Crippen molar-refractivity contribution in [3.8, 4) is 11.5 Å². The molecule has 0 unspecified atom stereocenters. The van der Waals surface area contributed by atoms with Crippen molar-refractivity contribution >= 4 is 5.91 Å². The minimum Gasteiger partial charge on any atom is -0.454 e. The Bertz CT molecular complexity index is 434. The number of hydrogen-bond acceptors (Lipinski definition) is 4. The smallest absolute Gasteiger partial charge is 0.231 e. The highest BCUT2D eigenvalue weighted by molar-refractivity contribution is 5.75. The van der Waals surface area contributed by atoms with Crippen molar-refractivity contribution in [2.45, 2.75) is 19.4 Å². The van der Waals surface area contributed by atoms with Gasteiger partial charge in [0.15, 0.2) is 11.5 Å². The summed E-state index contributed by atoms with van der Waals surface area (Å²) in [6, 6.07) is 5.73. The first-order chi connectivity index (χ1) is 8.70. The molecular weight excluding hydrogens is 232 g/mol. The third kappa shape index (κ3) is 2.92. The fourth-order valence-corrected chi connectivity index (χ4v) is 1.85. The Hall–Kier alpha value is -1.75. The minimum atomic E-state index is 0.109. The van der Waals surface area contributed by atoms with Crippen LogP contribution in [0, 0.1) is 0 Å². The van der Waals surface area contributed by atoms with Gasteiger partial charge in [0.1, 0.15) is 0 Å². The number of rotatable bonds is 5. The summed E-state index contributed by atoms with van der Waals surface area (Å²) in [6.07, 6.45) is 1.22. The molecule has 2 rings (SSSR count). The van der Waals surface area contributed by atoms with Crippen LogP contribution in [0.15, 0.2) is 18.2 Å². The Morgan fingerprint density at radius 2 is 2.17 bits per heavy atom. The fourth-order valence-electron chi connectivity index (χ4n) is 1.85. The third-order valence-electron chi connectivity index (χ3n) is 2.88. The molecule has 1 aliphatic rings. The van der Waals surface area contributed by atoms with Crippen LogP contribution in [0.3, 0.4) is 0 Å². The zero-order valence-corrected chi connectivity index (χ0v) is 10.5. The maximum Gasteiger partial charge on any atom is 0.231 e. The van der Waals surface area contributed by atoms with E-state index in [9.17, 15) is 4.79 Å². The number of carbonyl (C=O) groups excluding carboxylic acids is 1. The van der Waals surface area contributed by atoms with E-state index in [1.54, 1.807) is 11.9 Å². The topological polar surface area (TPSA) is 64.8 Å². The number of hydrogen-bond donors (Lipinski definition) is 1. The van der Waals surface area contributed by atoms with Crippen LogP contribution in [-0.2, 0) is 11.3 Å². The Morgan fingerprint density at radius 1 is 1.39 bits per heavy atom. The molecule has 0 fully saturated rings. The van der Waals surface area contributed by atoms with E-state index in [1.165, 1.54) is 0 Å². The number of amides is 1. The van der Waals surface area contributed by atoms with Crippen LogP contribution in [0.5, 0.6) is 11.5 Å². The molecule has 1 amide bonds. The van der Waals surface area contributed by atoms with Gasteiger partial charge < -0.3 is 20.1 Å². The molecule has 0 saturated carbocycles. The van der Waals surface area contributed by atoms with Crippen molar-refractivity contribution in [3.05, 3.63) is 23.8 Å². The summed E-state index contributed by atoms with van der Waals surface area (Å²) < 4.78 is 10.5. The molecule has 0 aromatic heterocycles. The first-order valence-electron chi connectivity index (χ1n) is 6.03. The summed E-state index contributed by atoms with van der Waals surface area (Å²) in [5.41, 5.74) is 6.42. The predicted molar refractivity (Wildman–Crippen MR) is 67.3 cm³/mol. The third-order valence-corrected chi connectivity index (χ3v) is 2.88. The van der Waals surface area contributed by atoms with E-state index in [1.807, 2.05) is 18.2 Å². The first-order valence-corrected chi connectivity index (χ1v) is 6.03. The van der Waals surface area contributed by atoms with E-state index in [0.29, 0.717) is 19.5 Å².